The highest BCUT2D eigenvalue weighted by Gasteiger charge is 2.20. The number of hydrogen-bond donors (Lipinski definition) is 1. The summed E-state index contributed by atoms with van der Waals surface area (Å²) in [6.45, 7) is 15.6. The molecule has 0 aromatic heterocycles. The minimum Gasteiger partial charge on any atom is -0.316 e. The zero-order valence-corrected chi connectivity index (χ0v) is 12.2. The molecule has 1 nitrogen and oxygen atoms in total. The Morgan fingerprint density at radius 3 is 2.06 bits per heavy atom. The minimum absolute atomic E-state index is 0.200. The minimum atomic E-state index is 0.200. The molecule has 0 bridgehead atoms. The number of rotatable bonds is 5. The molecule has 1 heteroatoms. The van der Waals surface area contributed by atoms with Crippen LogP contribution in [0.3, 0.4) is 0 Å². The van der Waals surface area contributed by atoms with Crippen molar-refractivity contribution in [3.63, 3.8) is 0 Å². The van der Waals surface area contributed by atoms with Crippen LogP contribution < -0.4 is 5.32 Å². The van der Waals surface area contributed by atoms with Gasteiger partial charge < -0.3 is 5.32 Å². The third-order valence-corrected chi connectivity index (χ3v) is 3.12. The van der Waals surface area contributed by atoms with Gasteiger partial charge in [-0.25, -0.2) is 0 Å². The standard InChI is InChI=1S/C16H27N/c1-12(2)10-17-11-16(5,6)15-8-13(3)7-14(4)9-15/h7-9,12,17H,10-11H2,1-6H3. The molecule has 0 spiro atoms. The third-order valence-electron chi connectivity index (χ3n) is 3.12. The van der Waals surface area contributed by atoms with E-state index < -0.39 is 0 Å². The molecular weight excluding hydrogens is 206 g/mol. The maximum Gasteiger partial charge on any atom is 0.00432 e. The molecule has 0 aliphatic carbocycles. The zero-order valence-electron chi connectivity index (χ0n) is 12.2. The van der Waals surface area contributed by atoms with Crippen molar-refractivity contribution >= 4 is 0 Å². The predicted molar refractivity (Wildman–Crippen MR) is 76.6 cm³/mol. The van der Waals surface area contributed by atoms with E-state index in [-0.39, 0.29) is 5.41 Å². The lowest BCUT2D eigenvalue weighted by Crippen LogP contribution is -2.34. The average molecular weight is 233 g/mol. The molecule has 1 N–H and O–H groups in total. The van der Waals surface area contributed by atoms with Gasteiger partial charge in [0.2, 0.25) is 0 Å². The second-order valence-electron chi connectivity index (χ2n) is 6.29. The summed E-state index contributed by atoms with van der Waals surface area (Å²) in [5, 5.41) is 3.56. The molecule has 0 radical (unpaired) electrons. The molecule has 1 aromatic rings. The normalized spacial score (nSPS) is 12.2. The van der Waals surface area contributed by atoms with Crippen LogP contribution in [0.2, 0.25) is 0 Å². The van der Waals surface area contributed by atoms with Crippen molar-refractivity contribution in [1.82, 2.24) is 5.32 Å². The molecular formula is C16H27N. The van der Waals surface area contributed by atoms with Crippen LogP contribution in [0.25, 0.3) is 0 Å². The van der Waals surface area contributed by atoms with E-state index in [1.54, 1.807) is 0 Å². The van der Waals surface area contributed by atoms with E-state index in [0.717, 1.165) is 13.1 Å². The first-order chi connectivity index (χ1) is 7.81. The number of nitrogens with one attached hydrogen (secondary N) is 1. The van der Waals surface area contributed by atoms with E-state index in [0.29, 0.717) is 5.92 Å². The fourth-order valence-corrected chi connectivity index (χ4v) is 2.14. The van der Waals surface area contributed by atoms with Crippen LogP contribution in [0.4, 0.5) is 0 Å². The lowest BCUT2D eigenvalue weighted by molar-refractivity contribution is 0.442. The highest BCUT2D eigenvalue weighted by molar-refractivity contribution is 5.33. The highest BCUT2D eigenvalue weighted by atomic mass is 14.9. The lowest BCUT2D eigenvalue weighted by atomic mass is 9.83. The molecule has 0 amide bonds. The van der Waals surface area contributed by atoms with Gasteiger partial charge in [-0.05, 0) is 31.9 Å². The van der Waals surface area contributed by atoms with Crippen LogP contribution in [0, 0.1) is 19.8 Å². The predicted octanol–water partition coefficient (Wildman–Crippen LogP) is 3.83. The van der Waals surface area contributed by atoms with Crippen molar-refractivity contribution in [3.05, 3.63) is 34.9 Å². The number of aryl methyl sites for hydroxylation is 2. The molecule has 0 heterocycles. The molecule has 1 rings (SSSR count). The molecule has 0 aliphatic heterocycles. The SMILES string of the molecule is Cc1cc(C)cc(C(C)(C)CNCC(C)C)c1. The summed E-state index contributed by atoms with van der Waals surface area (Å²) in [6, 6.07) is 6.86. The van der Waals surface area contributed by atoms with Crippen LogP contribution >= 0.6 is 0 Å². The van der Waals surface area contributed by atoms with E-state index in [1.807, 2.05) is 0 Å². The van der Waals surface area contributed by atoms with E-state index in [4.69, 9.17) is 0 Å². The van der Waals surface area contributed by atoms with Crippen molar-refractivity contribution in [3.8, 4) is 0 Å². The third kappa shape index (κ3) is 4.51. The van der Waals surface area contributed by atoms with Gasteiger partial charge in [-0.3, -0.25) is 0 Å². The average Bonchev–Trinajstić information content (AvgIpc) is 2.14. The lowest BCUT2D eigenvalue weighted by Gasteiger charge is -2.27. The quantitative estimate of drug-likeness (QED) is 0.815. The van der Waals surface area contributed by atoms with Crippen molar-refractivity contribution in [2.24, 2.45) is 5.92 Å². The van der Waals surface area contributed by atoms with Gasteiger partial charge in [0, 0.05) is 12.0 Å². The molecule has 0 fully saturated rings. The first-order valence-electron chi connectivity index (χ1n) is 6.61. The maximum absolute atomic E-state index is 3.56. The van der Waals surface area contributed by atoms with Gasteiger partial charge >= 0.3 is 0 Å². The first-order valence-corrected chi connectivity index (χ1v) is 6.61. The number of benzene rings is 1. The summed E-state index contributed by atoms with van der Waals surface area (Å²) in [5.74, 6) is 0.713. The van der Waals surface area contributed by atoms with Gasteiger partial charge in [0.15, 0.2) is 0 Å². The molecule has 0 atom stereocenters. The Hall–Kier alpha value is -0.820. The molecule has 1 aromatic carbocycles. The van der Waals surface area contributed by atoms with Crippen molar-refractivity contribution in [2.45, 2.75) is 47.0 Å². The molecule has 0 saturated carbocycles. The smallest absolute Gasteiger partial charge is 0.00432 e. The van der Waals surface area contributed by atoms with Crippen LogP contribution in [0.1, 0.15) is 44.4 Å². The van der Waals surface area contributed by atoms with Crippen LogP contribution in [0.5, 0.6) is 0 Å². The largest absolute Gasteiger partial charge is 0.316 e. The summed E-state index contributed by atoms with van der Waals surface area (Å²) in [7, 11) is 0. The Morgan fingerprint density at radius 2 is 1.59 bits per heavy atom. The van der Waals surface area contributed by atoms with Gasteiger partial charge in [0.05, 0.1) is 0 Å². The molecule has 0 aliphatic rings. The Kier molecular flexibility index (Phi) is 4.76. The second-order valence-corrected chi connectivity index (χ2v) is 6.29. The van der Waals surface area contributed by atoms with Crippen molar-refractivity contribution in [2.75, 3.05) is 13.1 Å². The van der Waals surface area contributed by atoms with Crippen molar-refractivity contribution in [1.29, 1.82) is 0 Å². The fourth-order valence-electron chi connectivity index (χ4n) is 2.14. The van der Waals surface area contributed by atoms with E-state index >= 15 is 0 Å². The summed E-state index contributed by atoms with van der Waals surface area (Å²) < 4.78 is 0. The first kappa shape index (κ1) is 14.2. The zero-order chi connectivity index (χ0) is 13.1. The maximum atomic E-state index is 3.56. The Bertz CT molecular complexity index is 344. The number of hydrogen-bond acceptors (Lipinski definition) is 1. The summed E-state index contributed by atoms with van der Waals surface area (Å²) >= 11 is 0. The van der Waals surface area contributed by atoms with E-state index in [1.165, 1.54) is 16.7 Å². The summed E-state index contributed by atoms with van der Waals surface area (Å²) in [4.78, 5) is 0. The van der Waals surface area contributed by atoms with Gasteiger partial charge in [-0.15, -0.1) is 0 Å². The van der Waals surface area contributed by atoms with Crippen molar-refractivity contribution < 1.29 is 0 Å². The highest BCUT2D eigenvalue weighted by Crippen LogP contribution is 2.24. The van der Waals surface area contributed by atoms with Gasteiger partial charge in [-0.2, -0.15) is 0 Å². The molecule has 0 saturated heterocycles. The molecule has 96 valence electrons. The molecule has 0 unspecified atom stereocenters. The van der Waals surface area contributed by atoms with E-state index in [2.05, 4.69) is 65.1 Å². The Balaban J connectivity index is 2.74. The van der Waals surface area contributed by atoms with Crippen LogP contribution in [0.15, 0.2) is 18.2 Å². The van der Waals surface area contributed by atoms with Gasteiger partial charge in [0.25, 0.3) is 0 Å². The topological polar surface area (TPSA) is 12.0 Å². The summed E-state index contributed by atoms with van der Waals surface area (Å²) in [6.07, 6.45) is 0. The second kappa shape index (κ2) is 5.68. The monoisotopic (exact) mass is 233 g/mol. The van der Waals surface area contributed by atoms with Crippen LogP contribution in [-0.4, -0.2) is 13.1 Å². The van der Waals surface area contributed by atoms with Gasteiger partial charge in [0.1, 0.15) is 0 Å². The van der Waals surface area contributed by atoms with Gasteiger partial charge in [-0.1, -0.05) is 57.0 Å². The fraction of sp³-hybridized carbons (Fsp3) is 0.625. The Labute approximate surface area is 107 Å². The Morgan fingerprint density at radius 1 is 1.06 bits per heavy atom. The van der Waals surface area contributed by atoms with Crippen LogP contribution in [-0.2, 0) is 5.41 Å². The molecule has 17 heavy (non-hydrogen) atoms. The van der Waals surface area contributed by atoms with E-state index in [9.17, 15) is 0 Å². The summed E-state index contributed by atoms with van der Waals surface area (Å²) in [5.41, 5.74) is 4.35.